The Bertz CT molecular complexity index is 539. The summed E-state index contributed by atoms with van der Waals surface area (Å²) in [5, 5.41) is 4.16. The normalized spacial score (nSPS) is 10.6. The van der Waals surface area contributed by atoms with E-state index in [0.717, 1.165) is 28.5 Å². The molecule has 1 aromatic heterocycles. The van der Waals surface area contributed by atoms with Gasteiger partial charge in [0.25, 0.3) is 0 Å². The first-order valence-corrected chi connectivity index (χ1v) is 7.31. The second kappa shape index (κ2) is 6.52. The highest BCUT2D eigenvalue weighted by molar-refractivity contribution is 7.99. The number of nitrogens with two attached hydrogens (primary N) is 1. The minimum absolute atomic E-state index is 0.670. The van der Waals surface area contributed by atoms with Gasteiger partial charge >= 0.3 is 0 Å². The van der Waals surface area contributed by atoms with Gasteiger partial charge in [0.15, 0.2) is 0 Å². The van der Waals surface area contributed by atoms with Gasteiger partial charge in [0, 0.05) is 35.3 Å². The molecular weight excluding hydrogens is 258 g/mol. The van der Waals surface area contributed by atoms with Crippen LogP contribution in [0.25, 0.3) is 0 Å². The van der Waals surface area contributed by atoms with Gasteiger partial charge in [-0.2, -0.15) is 5.10 Å². The fourth-order valence-electron chi connectivity index (χ4n) is 1.81. The van der Waals surface area contributed by atoms with Crippen LogP contribution < -0.4 is 10.5 Å². The standard InChI is InChI=1S/C14H19N3OS/c1-3-18-12-4-5-13(15)14(10-12)19-9-7-11-6-8-16-17(11)2/h4-6,8,10H,3,7,9,15H2,1-2H3. The minimum Gasteiger partial charge on any atom is -0.494 e. The van der Waals surface area contributed by atoms with Crippen molar-refractivity contribution < 1.29 is 4.74 Å². The van der Waals surface area contributed by atoms with Crippen LogP contribution in [-0.4, -0.2) is 22.1 Å². The Morgan fingerprint density at radius 3 is 2.89 bits per heavy atom. The molecule has 2 rings (SSSR count). The Balaban J connectivity index is 1.95. The first-order valence-electron chi connectivity index (χ1n) is 6.32. The second-order valence-corrected chi connectivity index (χ2v) is 5.31. The number of ether oxygens (including phenoxy) is 1. The quantitative estimate of drug-likeness (QED) is 0.651. The SMILES string of the molecule is CCOc1ccc(N)c(SCCc2ccnn2C)c1. The van der Waals surface area contributed by atoms with Crippen molar-refractivity contribution in [3.63, 3.8) is 0 Å². The highest BCUT2D eigenvalue weighted by atomic mass is 32.2. The molecule has 1 heterocycles. The van der Waals surface area contributed by atoms with Crippen molar-refractivity contribution in [1.82, 2.24) is 9.78 Å². The molecule has 2 aromatic rings. The van der Waals surface area contributed by atoms with Gasteiger partial charge in [0.05, 0.1) is 6.61 Å². The zero-order chi connectivity index (χ0) is 13.7. The molecule has 5 heteroatoms. The molecule has 2 N–H and O–H groups in total. The molecule has 0 radical (unpaired) electrons. The lowest BCUT2D eigenvalue weighted by atomic mass is 10.3. The Morgan fingerprint density at radius 1 is 1.37 bits per heavy atom. The van der Waals surface area contributed by atoms with Crippen LogP contribution in [0.15, 0.2) is 35.4 Å². The molecule has 0 bridgehead atoms. The number of aromatic nitrogens is 2. The van der Waals surface area contributed by atoms with E-state index in [9.17, 15) is 0 Å². The monoisotopic (exact) mass is 277 g/mol. The number of thioether (sulfide) groups is 1. The van der Waals surface area contributed by atoms with Crippen molar-refractivity contribution in [1.29, 1.82) is 0 Å². The first kappa shape index (κ1) is 13.8. The Labute approximate surface area is 117 Å². The van der Waals surface area contributed by atoms with Crippen LogP contribution in [0.4, 0.5) is 5.69 Å². The number of hydrogen-bond donors (Lipinski definition) is 1. The number of nitrogens with zero attached hydrogens (tertiary/aromatic N) is 2. The third-order valence-corrected chi connectivity index (χ3v) is 3.91. The summed E-state index contributed by atoms with van der Waals surface area (Å²) in [5.41, 5.74) is 8.01. The number of nitrogen functional groups attached to an aromatic ring is 1. The minimum atomic E-state index is 0.670. The predicted octanol–water partition coefficient (Wildman–Crippen LogP) is 2.74. The van der Waals surface area contributed by atoms with E-state index in [1.807, 2.05) is 49.1 Å². The third-order valence-electron chi connectivity index (χ3n) is 2.83. The molecule has 0 aliphatic heterocycles. The van der Waals surface area contributed by atoms with E-state index in [1.54, 1.807) is 11.8 Å². The number of hydrogen-bond acceptors (Lipinski definition) is 4. The highest BCUT2D eigenvalue weighted by Crippen LogP contribution is 2.29. The molecular formula is C14H19N3OS. The average molecular weight is 277 g/mol. The van der Waals surface area contributed by atoms with Crippen LogP contribution in [0.1, 0.15) is 12.6 Å². The van der Waals surface area contributed by atoms with Gasteiger partial charge in [-0.05, 0) is 37.6 Å². The maximum Gasteiger partial charge on any atom is 0.120 e. The molecule has 0 fully saturated rings. The molecule has 1 aromatic carbocycles. The van der Waals surface area contributed by atoms with Crippen LogP contribution in [0.3, 0.4) is 0 Å². The van der Waals surface area contributed by atoms with Gasteiger partial charge in [-0.1, -0.05) is 0 Å². The zero-order valence-electron chi connectivity index (χ0n) is 11.3. The Morgan fingerprint density at radius 2 is 2.21 bits per heavy atom. The Kier molecular flexibility index (Phi) is 4.74. The van der Waals surface area contributed by atoms with Crippen LogP contribution >= 0.6 is 11.8 Å². The molecule has 0 saturated heterocycles. The molecule has 102 valence electrons. The summed E-state index contributed by atoms with van der Waals surface area (Å²) >= 11 is 1.75. The Hall–Kier alpha value is -1.62. The first-order chi connectivity index (χ1) is 9.20. The van der Waals surface area contributed by atoms with Crippen LogP contribution in [0, 0.1) is 0 Å². The lowest BCUT2D eigenvalue weighted by molar-refractivity contribution is 0.339. The van der Waals surface area contributed by atoms with Crippen molar-refractivity contribution in [2.45, 2.75) is 18.2 Å². The molecule has 0 spiro atoms. The molecule has 0 unspecified atom stereocenters. The van der Waals surface area contributed by atoms with E-state index in [1.165, 1.54) is 5.69 Å². The van der Waals surface area contributed by atoms with Crippen LogP contribution in [-0.2, 0) is 13.5 Å². The summed E-state index contributed by atoms with van der Waals surface area (Å²) in [7, 11) is 1.96. The highest BCUT2D eigenvalue weighted by Gasteiger charge is 2.04. The summed E-state index contributed by atoms with van der Waals surface area (Å²) in [6, 6.07) is 7.86. The fraction of sp³-hybridized carbons (Fsp3) is 0.357. The maximum atomic E-state index is 5.98. The molecule has 0 atom stereocenters. The van der Waals surface area contributed by atoms with Crippen LogP contribution in [0.2, 0.25) is 0 Å². The van der Waals surface area contributed by atoms with Crippen molar-refractivity contribution in [3.8, 4) is 5.75 Å². The van der Waals surface area contributed by atoms with E-state index in [-0.39, 0.29) is 0 Å². The van der Waals surface area contributed by atoms with Crippen molar-refractivity contribution in [3.05, 3.63) is 36.2 Å². The summed E-state index contributed by atoms with van der Waals surface area (Å²) in [5.74, 6) is 1.85. The molecule has 0 saturated carbocycles. The van der Waals surface area contributed by atoms with E-state index in [0.29, 0.717) is 6.61 Å². The molecule has 0 aliphatic rings. The smallest absolute Gasteiger partial charge is 0.120 e. The lowest BCUT2D eigenvalue weighted by Gasteiger charge is -2.09. The fourth-order valence-corrected chi connectivity index (χ4v) is 2.77. The number of benzene rings is 1. The third kappa shape index (κ3) is 3.67. The summed E-state index contributed by atoms with van der Waals surface area (Å²) < 4.78 is 7.39. The lowest BCUT2D eigenvalue weighted by Crippen LogP contribution is -2.00. The largest absolute Gasteiger partial charge is 0.494 e. The topological polar surface area (TPSA) is 53.1 Å². The number of anilines is 1. The van der Waals surface area contributed by atoms with E-state index >= 15 is 0 Å². The van der Waals surface area contributed by atoms with E-state index in [4.69, 9.17) is 10.5 Å². The maximum absolute atomic E-state index is 5.98. The molecule has 4 nitrogen and oxygen atoms in total. The van der Waals surface area contributed by atoms with Gasteiger partial charge in [0.1, 0.15) is 5.75 Å². The number of rotatable bonds is 6. The van der Waals surface area contributed by atoms with Crippen LogP contribution in [0.5, 0.6) is 5.75 Å². The van der Waals surface area contributed by atoms with Crippen molar-refractivity contribution in [2.75, 3.05) is 18.1 Å². The van der Waals surface area contributed by atoms with Gasteiger partial charge in [-0.25, -0.2) is 0 Å². The molecule has 0 aliphatic carbocycles. The van der Waals surface area contributed by atoms with Gasteiger partial charge in [-0.15, -0.1) is 11.8 Å². The van der Waals surface area contributed by atoms with Gasteiger partial charge in [0.2, 0.25) is 0 Å². The average Bonchev–Trinajstić information content (AvgIpc) is 2.79. The van der Waals surface area contributed by atoms with Crippen molar-refractivity contribution >= 4 is 17.4 Å². The summed E-state index contributed by atoms with van der Waals surface area (Å²) in [4.78, 5) is 1.08. The second-order valence-electron chi connectivity index (χ2n) is 4.18. The summed E-state index contributed by atoms with van der Waals surface area (Å²) in [6.45, 7) is 2.65. The molecule has 0 amide bonds. The van der Waals surface area contributed by atoms with Gasteiger partial charge in [-0.3, -0.25) is 4.68 Å². The number of aryl methyl sites for hydroxylation is 2. The zero-order valence-corrected chi connectivity index (χ0v) is 12.1. The van der Waals surface area contributed by atoms with Gasteiger partial charge < -0.3 is 10.5 Å². The van der Waals surface area contributed by atoms with Crippen molar-refractivity contribution in [2.24, 2.45) is 7.05 Å². The summed E-state index contributed by atoms with van der Waals surface area (Å²) in [6.07, 6.45) is 2.80. The van der Waals surface area contributed by atoms with E-state index in [2.05, 4.69) is 5.10 Å². The predicted molar refractivity (Wildman–Crippen MR) is 79.7 cm³/mol. The molecule has 19 heavy (non-hydrogen) atoms. The van der Waals surface area contributed by atoms with E-state index < -0.39 is 0 Å².